The topological polar surface area (TPSA) is 51.5 Å². The molecule has 1 aromatic heterocycles. The third kappa shape index (κ3) is 4.55. The molecular formula is C25H21NO3. The van der Waals surface area contributed by atoms with Gasteiger partial charge in [-0.2, -0.15) is 0 Å². The highest BCUT2D eigenvalue weighted by atomic mass is 16.5. The van der Waals surface area contributed by atoms with E-state index in [1.54, 1.807) is 6.20 Å². The van der Waals surface area contributed by atoms with Crippen molar-refractivity contribution in [1.82, 2.24) is 4.57 Å². The number of benzene rings is 3. The summed E-state index contributed by atoms with van der Waals surface area (Å²) in [5.41, 5.74) is 4.12. The predicted molar refractivity (Wildman–Crippen MR) is 113 cm³/mol. The van der Waals surface area contributed by atoms with Gasteiger partial charge in [0.25, 0.3) is 0 Å². The zero-order chi connectivity index (χ0) is 20.1. The fraction of sp³-hybridized carbons (Fsp3) is 0.0800. The summed E-state index contributed by atoms with van der Waals surface area (Å²) in [6.07, 6.45) is 3.57. The van der Waals surface area contributed by atoms with Crippen molar-refractivity contribution in [2.45, 2.75) is 13.2 Å². The summed E-state index contributed by atoms with van der Waals surface area (Å²) in [5, 5.41) is 9.57. The average Bonchev–Trinajstić information content (AvgIpc) is 3.19. The maximum Gasteiger partial charge on any atom is 0.337 e. The van der Waals surface area contributed by atoms with Gasteiger partial charge < -0.3 is 14.4 Å². The highest BCUT2D eigenvalue weighted by molar-refractivity contribution is 5.96. The van der Waals surface area contributed by atoms with Gasteiger partial charge in [-0.15, -0.1) is 0 Å². The molecule has 4 rings (SSSR count). The molecule has 0 radical (unpaired) electrons. The molecule has 0 saturated heterocycles. The summed E-state index contributed by atoms with van der Waals surface area (Å²) in [6.45, 7) is 1.12. The van der Waals surface area contributed by atoms with Crippen molar-refractivity contribution in [3.63, 3.8) is 0 Å². The van der Waals surface area contributed by atoms with Gasteiger partial charge in [0.1, 0.15) is 12.4 Å². The lowest BCUT2D eigenvalue weighted by atomic mass is 10.1. The average molecular weight is 383 g/mol. The molecule has 0 aliphatic rings. The van der Waals surface area contributed by atoms with Crippen molar-refractivity contribution in [1.29, 1.82) is 0 Å². The van der Waals surface area contributed by atoms with Crippen LogP contribution in [0.5, 0.6) is 5.75 Å². The van der Waals surface area contributed by atoms with Crippen LogP contribution in [0.15, 0.2) is 97.3 Å². The molecule has 29 heavy (non-hydrogen) atoms. The summed E-state index contributed by atoms with van der Waals surface area (Å²) >= 11 is 0. The largest absolute Gasteiger partial charge is 0.489 e. The van der Waals surface area contributed by atoms with Gasteiger partial charge in [0, 0.05) is 24.5 Å². The molecule has 0 spiro atoms. The minimum atomic E-state index is -0.924. The van der Waals surface area contributed by atoms with Gasteiger partial charge in [0.2, 0.25) is 0 Å². The molecule has 0 saturated carbocycles. The van der Waals surface area contributed by atoms with E-state index in [1.807, 2.05) is 95.7 Å². The second-order valence-corrected chi connectivity index (χ2v) is 6.85. The molecule has 0 aliphatic carbocycles. The Hall–Kier alpha value is -3.79. The van der Waals surface area contributed by atoms with Gasteiger partial charge in [-0.1, -0.05) is 72.8 Å². The molecule has 0 bridgehead atoms. The maximum absolute atomic E-state index is 11.7. The lowest BCUT2D eigenvalue weighted by Crippen LogP contribution is -1.99. The van der Waals surface area contributed by atoms with Crippen molar-refractivity contribution in [3.05, 3.63) is 114 Å². The summed E-state index contributed by atoms with van der Waals surface area (Å²) < 4.78 is 7.73. The number of carboxylic acid groups (broad SMARTS) is 1. The van der Waals surface area contributed by atoms with Crippen LogP contribution < -0.4 is 4.74 Å². The Labute approximate surface area is 169 Å². The first-order chi connectivity index (χ1) is 14.2. The minimum absolute atomic E-state index is 0.305. The van der Waals surface area contributed by atoms with Crippen molar-refractivity contribution in [3.8, 4) is 16.9 Å². The van der Waals surface area contributed by atoms with E-state index in [2.05, 4.69) is 0 Å². The first-order valence-electron chi connectivity index (χ1n) is 9.43. The monoisotopic (exact) mass is 383 g/mol. The van der Waals surface area contributed by atoms with E-state index in [0.717, 1.165) is 28.0 Å². The Kier molecular flexibility index (Phi) is 5.43. The number of rotatable bonds is 7. The van der Waals surface area contributed by atoms with Crippen molar-refractivity contribution in [2.24, 2.45) is 0 Å². The lowest BCUT2D eigenvalue weighted by molar-refractivity contribution is 0.0697. The molecule has 0 atom stereocenters. The van der Waals surface area contributed by atoms with Crippen molar-refractivity contribution < 1.29 is 14.6 Å². The van der Waals surface area contributed by atoms with Crippen LogP contribution >= 0.6 is 0 Å². The molecule has 144 valence electrons. The van der Waals surface area contributed by atoms with E-state index in [4.69, 9.17) is 4.74 Å². The molecular weight excluding hydrogens is 362 g/mol. The van der Waals surface area contributed by atoms with Crippen LogP contribution in [0.1, 0.15) is 21.5 Å². The number of carboxylic acids is 1. The van der Waals surface area contributed by atoms with E-state index >= 15 is 0 Å². The normalized spacial score (nSPS) is 10.6. The highest BCUT2D eigenvalue weighted by Gasteiger charge is 2.15. The smallest absolute Gasteiger partial charge is 0.337 e. The fourth-order valence-electron chi connectivity index (χ4n) is 3.26. The van der Waals surface area contributed by atoms with Crippen LogP contribution in [0.25, 0.3) is 11.1 Å². The summed E-state index contributed by atoms with van der Waals surface area (Å²) in [4.78, 5) is 11.7. The molecule has 3 aromatic carbocycles. The van der Waals surface area contributed by atoms with E-state index < -0.39 is 5.97 Å². The lowest BCUT2D eigenvalue weighted by Gasteiger charge is -2.08. The Balaban J connectivity index is 1.47. The maximum atomic E-state index is 11.7. The number of nitrogens with zero attached hydrogens (tertiary/aromatic N) is 1. The zero-order valence-corrected chi connectivity index (χ0v) is 15.9. The van der Waals surface area contributed by atoms with Gasteiger partial charge in [-0.25, -0.2) is 4.79 Å². The Morgan fingerprint density at radius 1 is 0.793 bits per heavy atom. The second kappa shape index (κ2) is 8.48. The van der Waals surface area contributed by atoms with E-state index in [1.165, 1.54) is 0 Å². The Morgan fingerprint density at radius 2 is 1.45 bits per heavy atom. The number of ether oxygens (including phenoxy) is 1. The van der Waals surface area contributed by atoms with Gasteiger partial charge in [0.15, 0.2) is 0 Å². The number of hydrogen-bond acceptors (Lipinski definition) is 2. The summed E-state index contributed by atoms with van der Waals surface area (Å²) in [7, 11) is 0. The van der Waals surface area contributed by atoms with Crippen LogP contribution in [0.3, 0.4) is 0 Å². The van der Waals surface area contributed by atoms with Crippen LogP contribution in [0.2, 0.25) is 0 Å². The molecule has 0 fully saturated rings. The quantitative estimate of drug-likeness (QED) is 0.460. The van der Waals surface area contributed by atoms with Gasteiger partial charge in [-0.05, 0) is 28.8 Å². The molecule has 0 amide bonds. The van der Waals surface area contributed by atoms with Crippen LogP contribution in [-0.4, -0.2) is 15.6 Å². The first kappa shape index (κ1) is 18.6. The summed E-state index contributed by atoms with van der Waals surface area (Å²) in [6, 6.07) is 27.5. The first-order valence-corrected chi connectivity index (χ1v) is 9.43. The molecule has 4 aromatic rings. The number of hydrogen-bond donors (Lipinski definition) is 1. The fourth-order valence-corrected chi connectivity index (χ4v) is 3.26. The van der Waals surface area contributed by atoms with Gasteiger partial charge >= 0.3 is 5.97 Å². The third-order valence-corrected chi connectivity index (χ3v) is 4.73. The molecule has 0 unspecified atom stereocenters. The van der Waals surface area contributed by atoms with Crippen molar-refractivity contribution in [2.75, 3.05) is 0 Å². The Morgan fingerprint density at radius 3 is 2.10 bits per heavy atom. The molecule has 4 heteroatoms. The van der Waals surface area contributed by atoms with E-state index in [-0.39, 0.29) is 0 Å². The minimum Gasteiger partial charge on any atom is -0.489 e. The standard InChI is InChI=1S/C25H21NO3/c27-25(28)24-17-26(16-23(24)21-9-5-2-6-10-21)15-19-11-13-22(14-12-19)29-18-20-7-3-1-4-8-20/h1-14,16-17H,15,18H2,(H,27,28). The molecule has 1 N–H and O–H groups in total. The van der Waals surface area contributed by atoms with Gasteiger partial charge in [0.05, 0.1) is 5.56 Å². The molecule has 0 aliphatic heterocycles. The molecule has 1 heterocycles. The highest BCUT2D eigenvalue weighted by Crippen LogP contribution is 2.25. The SMILES string of the molecule is O=C(O)c1cn(Cc2ccc(OCc3ccccc3)cc2)cc1-c1ccccc1. The third-order valence-electron chi connectivity index (χ3n) is 4.73. The van der Waals surface area contributed by atoms with Gasteiger partial charge in [-0.3, -0.25) is 0 Å². The van der Waals surface area contributed by atoms with Crippen molar-refractivity contribution >= 4 is 5.97 Å². The molecule has 4 nitrogen and oxygen atoms in total. The zero-order valence-electron chi connectivity index (χ0n) is 15.9. The number of carbonyl (C=O) groups is 1. The van der Waals surface area contributed by atoms with Crippen LogP contribution in [0.4, 0.5) is 0 Å². The number of aromatic carboxylic acids is 1. The predicted octanol–water partition coefficient (Wildman–Crippen LogP) is 5.48. The van der Waals surface area contributed by atoms with E-state index in [9.17, 15) is 9.90 Å². The van der Waals surface area contributed by atoms with Crippen LogP contribution in [0, 0.1) is 0 Å². The van der Waals surface area contributed by atoms with Crippen LogP contribution in [-0.2, 0) is 13.2 Å². The number of aromatic nitrogens is 1. The summed E-state index contributed by atoms with van der Waals surface area (Å²) in [5.74, 6) is -0.117. The second-order valence-electron chi connectivity index (χ2n) is 6.85. The Bertz CT molecular complexity index is 1080. The van der Waals surface area contributed by atoms with E-state index in [0.29, 0.717) is 18.7 Å².